The molecule has 9 heteroatoms. The maximum Gasteiger partial charge on any atom is 0.291 e. The van der Waals surface area contributed by atoms with Gasteiger partial charge in [-0.2, -0.15) is 5.11 Å². The Balaban J connectivity index is 1.41. The number of anilines is 1. The van der Waals surface area contributed by atoms with E-state index in [1.807, 2.05) is 42.5 Å². The third-order valence-corrected chi connectivity index (χ3v) is 5.37. The summed E-state index contributed by atoms with van der Waals surface area (Å²) in [6, 6.07) is 14.4. The van der Waals surface area contributed by atoms with E-state index >= 15 is 0 Å². The maximum absolute atomic E-state index is 13.0. The van der Waals surface area contributed by atoms with E-state index in [-0.39, 0.29) is 25.0 Å². The number of azo groups is 1. The minimum atomic E-state index is -0.883. The third kappa shape index (κ3) is 4.83. The van der Waals surface area contributed by atoms with Crippen LogP contribution in [0.3, 0.4) is 0 Å². The van der Waals surface area contributed by atoms with Crippen molar-refractivity contribution >= 4 is 23.3 Å². The number of rotatable bonds is 7. The second-order valence-corrected chi connectivity index (χ2v) is 7.70. The lowest BCUT2D eigenvalue weighted by Crippen LogP contribution is -2.50. The SMILES string of the molecule is CN1C(=O)[C@@H](NC(=O)C2=NC(Cc3ccccc3)N=N2)COc2ccc(CCCO)cc21. The van der Waals surface area contributed by atoms with Gasteiger partial charge < -0.3 is 20.1 Å². The van der Waals surface area contributed by atoms with Crippen LogP contribution in [0.2, 0.25) is 0 Å². The Kier molecular flexibility index (Phi) is 6.55. The molecule has 2 atom stereocenters. The number of benzene rings is 2. The van der Waals surface area contributed by atoms with Crippen LogP contribution in [-0.4, -0.2) is 55.2 Å². The quantitative estimate of drug-likeness (QED) is 0.691. The number of fused-ring (bicyclic) bond motifs is 1. The standard InChI is InChI=1S/C23H25N5O4/c1-28-18-12-16(8-5-11-29)9-10-19(18)32-14-17(23(28)31)24-22(30)21-25-20(26-27-21)13-15-6-3-2-4-7-15/h2-4,6-7,9-10,12,17,20,29H,5,8,11,13-14H2,1H3,(H,24,30)/t17-,20?/m0/s1. The second-order valence-electron chi connectivity index (χ2n) is 7.70. The van der Waals surface area contributed by atoms with Crippen molar-refractivity contribution < 1.29 is 19.4 Å². The van der Waals surface area contributed by atoms with Crippen LogP contribution < -0.4 is 15.0 Å². The Hall–Kier alpha value is -3.59. The van der Waals surface area contributed by atoms with Crippen LogP contribution in [0.5, 0.6) is 5.75 Å². The van der Waals surface area contributed by atoms with Crippen LogP contribution in [0, 0.1) is 0 Å². The average Bonchev–Trinajstić information content (AvgIpc) is 3.24. The van der Waals surface area contributed by atoms with Gasteiger partial charge in [-0.05, 0) is 36.1 Å². The molecule has 0 radical (unpaired) electrons. The molecule has 1 unspecified atom stereocenters. The first-order chi connectivity index (χ1) is 15.5. The molecule has 2 N–H and O–H groups in total. The summed E-state index contributed by atoms with van der Waals surface area (Å²) in [5.74, 6) is -0.345. The van der Waals surface area contributed by atoms with Crippen molar-refractivity contribution in [3.8, 4) is 5.75 Å². The largest absolute Gasteiger partial charge is 0.489 e. The van der Waals surface area contributed by atoms with Gasteiger partial charge in [0.2, 0.25) is 5.84 Å². The number of ether oxygens (including phenoxy) is 1. The summed E-state index contributed by atoms with van der Waals surface area (Å²) in [5.41, 5.74) is 2.67. The van der Waals surface area contributed by atoms with E-state index in [1.54, 1.807) is 13.1 Å². The number of aliphatic imine (C=N–C) groups is 1. The topological polar surface area (TPSA) is 116 Å². The molecule has 0 bridgehead atoms. The molecule has 2 aliphatic heterocycles. The number of nitrogens with one attached hydrogen (secondary N) is 1. The van der Waals surface area contributed by atoms with E-state index in [9.17, 15) is 9.59 Å². The Morgan fingerprint density at radius 1 is 1.22 bits per heavy atom. The number of aliphatic hydroxyl groups excluding tert-OH is 1. The monoisotopic (exact) mass is 435 g/mol. The number of amidine groups is 1. The molecule has 2 amide bonds. The fourth-order valence-electron chi connectivity index (χ4n) is 3.64. The molecule has 166 valence electrons. The summed E-state index contributed by atoms with van der Waals surface area (Å²) < 4.78 is 5.80. The normalized spacial score (nSPS) is 19.8. The van der Waals surface area contributed by atoms with Crippen LogP contribution in [-0.2, 0) is 22.4 Å². The summed E-state index contributed by atoms with van der Waals surface area (Å²) in [6.07, 6.45) is 1.42. The van der Waals surface area contributed by atoms with Gasteiger partial charge in [-0.1, -0.05) is 36.4 Å². The fraction of sp³-hybridized carbons (Fsp3) is 0.348. The van der Waals surface area contributed by atoms with Gasteiger partial charge in [-0.3, -0.25) is 9.59 Å². The zero-order valence-electron chi connectivity index (χ0n) is 17.8. The molecule has 0 aromatic heterocycles. The highest BCUT2D eigenvalue weighted by molar-refractivity contribution is 6.38. The van der Waals surface area contributed by atoms with Gasteiger partial charge in [0.25, 0.3) is 11.8 Å². The number of carbonyl (C=O) groups is 2. The Morgan fingerprint density at radius 3 is 2.81 bits per heavy atom. The molecule has 0 saturated heterocycles. The molecule has 2 aromatic carbocycles. The highest BCUT2D eigenvalue weighted by Crippen LogP contribution is 2.32. The lowest BCUT2D eigenvalue weighted by atomic mass is 10.1. The number of amides is 2. The van der Waals surface area contributed by atoms with Crippen molar-refractivity contribution in [1.29, 1.82) is 0 Å². The zero-order chi connectivity index (χ0) is 22.5. The Labute approximate surface area is 185 Å². The van der Waals surface area contributed by atoms with E-state index in [0.717, 1.165) is 11.1 Å². The molecular weight excluding hydrogens is 410 g/mol. The number of carbonyl (C=O) groups excluding carboxylic acids is 2. The number of hydrogen-bond donors (Lipinski definition) is 2. The van der Waals surface area contributed by atoms with Crippen LogP contribution in [0.4, 0.5) is 5.69 Å². The predicted octanol–water partition coefficient (Wildman–Crippen LogP) is 1.88. The van der Waals surface area contributed by atoms with Gasteiger partial charge in [-0.15, -0.1) is 5.11 Å². The van der Waals surface area contributed by atoms with E-state index < -0.39 is 18.1 Å². The van der Waals surface area contributed by atoms with Gasteiger partial charge >= 0.3 is 0 Å². The van der Waals surface area contributed by atoms with E-state index in [4.69, 9.17) is 9.84 Å². The van der Waals surface area contributed by atoms with Crippen molar-refractivity contribution in [3.05, 3.63) is 59.7 Å². The Morgan fingerprint density at radius 2 is 2.03 bits per heavy atom. The molecule has 0 saturated carbocycles. The van der Waals surface area contributed by atoms with Crippen LogP contribution in [0.1, 0.15) is 17.5 Å². The number of hydrogen-bond acceptors (Lipinski definition) is 7. The number of aryl methyl sites for hydroxylation is 1. The third-order valence-electron chi connectivity index (χ3n) is 5.37. The summed E-state index contributed by atoms with van der Waals surface area (Å²) in [6.45, 7) is 0.0969. The smallest absolute Gasteiger partial charge is 0.291 e. The van der Waals surface area contributed by atoms with E-state index in [0.29, 0.717) is 30.7 Å². The van der Waals surface area contributed by atoms with Gasteiger partial charge in [0.1, 0.15) is 18.4 Å². The predicted molar refractivity (Wildman–Crippen MR) is 119 cm³/mol. The molecule has 0 aliphatic carbocycles. The minimum Gasteiger partial charge on any atom is -0.489 e. The zero-order valence-corrected chi connectivity index (χ0v) is 17.8. The van der Waals surface area contributed by atoms with E-state index in [1.165, 1.54) is 4.90 Å². The molecule has 2 aliphatic rings. The van der Waals surface area contributed by atoms with Crippen molar-refractivity contribution in [2.24, 2.45) is 15.2 Å². The van der Waals surface area contributed by atoms with Gasteiger partial charge in [0, 0.05) is 20.1 Å². The molecule has 4 rings (SSSR count). The lowest BCUT2D eigenvalue weighted by Gasteiger charge is -2.20. The molecule has 32 heavy (non-hydrogen) atoms. The van der Waals surface area contributed by atoms with E-state index in [2.05, 4.69) is 20.5 Å². The van der Waals surface area contributed by atoms with Crippen molar-refractivity contribution in [1.82, 2.24) is 5.32 Å². The summed E-state index contributed by atoms with van der Waals surface area (Å²) in [5, 5.41) is 19.7. The van der Waals surface area contributed by atoms with Crippen LogP contribution >= 0.6 is 0 Å². The average molecular weight is 435 g/mol. The highest BCUT2D eigenvalue weighted by Gasteiger charge is 2.32. The van der Waals surface area contributed by atoms with Gasteiger partial charge in [0.15, 0.2) is 6.17 Å². The summed E-state index contributed by atoms with van der Waals surface area (Å²) in [7, 11) is 1.65. The van der Waals surface area contributed by atoms with Gasteiger partial charge in [-0.25, -0.2) is 4.99 Å². The number of likely N-dealkylation sites (N-methyl/N-ethyl adjacent to an activating group) is 1. The molecule has 9 nitrogen and oxygen atoms in total. The second kappa shape index (κ2) is 9.69. The minimum absolute atomic E-state index is 0.00420. The molecule has 2 heterocycles. The molecule has 0 fully saturated rings. The van der Waals surface area contributed by atoms with Crippen LogP contribution in [0.25, 0.3) is 0 Å². The first kappa shape index (κ1) is 21.6. The first-order valence-corrected chi connectivity index (χ1v) is 10.5. The highest BCUT2D eigenvalue weighted by atomic mass is 16.5. The lowest BCUT2D eigenvalue weighted by molar-refractivity contribution is -0.124. The van der Waals surface area contributed by atoms with Crippen LogP contribution in [0.15, 0.2) is 63.8 Å². The molecule has 0 spiro atoms. The Bertz CT molecular complexity index is 1050. The maximum atomic E-state index is 13.0. The summed E-state index contributed by atoms with van der Waals surface area (Å²) in [4.78, 5) is 31.4. The van der Waals surface area contributed by atoms with Crippen molar-refractivity contribution in [2.45, 2.75) is 31.5 Å². The first-order valence-electron chi connectivity index (χ1n) is 10.5. The molecular formula is C23H25N5O4. The van der Waals surface area contributed by atoms with Crippen molar-refractivity contribution in [2.75, 3.05) is 25.2 Å². The van der Waals surface area contributed by atoms with Gasteiger partial charge in [0.05, 0.1) is 5.69 Å². The summed E-state index contributed by atoms with van der Waals surface area (Å²) >= 11 is 0. The number of aliphatic hydroxyl groups is 1. The number of nitrogens with zero attached hydrogens (tertiary/aromatic N) is 4. The molecule has 2 aromatic rings. The fourth-order valence-corrected chi connectivity index (χ4v) is 3.64. The van der Waals surface area contributed by atoms with Crippen molar-refractivity contribution in [3.63, 3.8) is 0 Å².